The molecule has 1 heterocycles. The highest BCUT2D eigenvalue weighted by Crippen LogP contribution is 2.12. The van der Waals surface area contributed by atoms with Crippen LogP contribution in [0, 0.1) is 0 Å². The fourth-order valence-corrected chi connectivity index (χ4v) is 2.75. The third-order valence-electron chi connectivity index (χ3n) is 3.75. The smallest absolute Gasteiger partial charge is 0.337 e. The Labute approximate surface area is 121 Å². The lowest BCUT2D eigenvalue weighted by Gasteiger charge is -2.28. The molecule has 1 unspecified atom stereocenters. The summed E-state index contributed by atoms with van der Waals surface area (Å²) in [6.45, 7) is 3.03. The zero-order valence-electron chi connectivity index (χ0n) is 12.4. The number of nitrogens with zero attached hydrogens (tertiary/aromatic N) is 1. The van der Waals surface area contributed by atoms with Crippen LogP contribution in [0.3, 0.4) is 0 Å². The number of hydrogen-bond donors (Lipinski definition) is 1. The molecule has 0 aliphatic carbocycles. The molecule has 1 N–H and O–H groups in total. The second kappa shape index (κ2) is 7.41. The molecular formula is C16H24N2O2. The maximum Gasteiger partial charge on any atom is 0.337 e. The molecule has 1 aromatic rings. The number of likely N-dealkylation sites (N-methyl/N-ethyl adjacent to an activating group) is 1. The molecule has 0 radical (unpaired) electrons. The van der Waals surface area contributed by atoms with E-state index in [0.717, 1.165) is 25.2 Å². The number of esters is 1. The van der Waals surface area contributed by atoms with Gasteiger partial charge in [-0.05, 0) is 44.1 Å². The zero-order chi connectivity index (χ0) is 14.4. The lowest BCUT2D eigenvalue weighted by atomic mass is 10.0. The van der Waals surface area contributed by atoms with Crippen LogP contribution in [0.5, 0.6) is 0 Å². The van der Waals surface area contributed by atoms with Crippen molar-refractivity contribution in [2.24, 2.45) is 0 Å². The number of rotatable bonds is 5. The van der Waals surface area contributed by atoms with Gasteiger partial charge in [-0.1, -0.05) is 18.6 Å². The molecule has 4 heteroatoms. The summed E-state index contributed by atoms with van der Waals surface area (Å²) in [6, 6.07) is 8.26. The first-order valence-electron chi connectivity index (χ1n) is 7.28. The van der Waals surface area contributed by atoms with E-state index in [0.29, 0.717) is 11.6 Å². The third-order valence-corrected chi connectivity index (χ3v) is 3.75. The maximum atomic E-state index is 11.5. The Kier molecular flexibility index (Phi) is 5.56. The minimum absolute atomic E-state index is 0.275. The Bertz CT molecular complexity index is 442. The lowest BCUT2D eigenvalue weighted by Crippen LogP contribution is -2.42. The van der Waals surface area contributed by atoms with E-state index in [1.165, 1.54) is 26.4 Å². The molecule has 1 aliphatic heterocycles. The highest BCUT2D eigenvalue weighted by atomic mass is 16.5. The molecule has 1 aliphatic rings. The van der Waals surface area contributed by atoms with Gasteiger partial charge in [0.15, 0.2) is 0 Å². The number of methoxy groups -OCH3 is 1. The van der Waals surface area contributed by atoms with Crippen LogP contribution in [0.25, 0.3) is 0 Å². The summed E-state index contributed by atoms with van der Waals surface area (Å²) in [4.78, 5) is 13.8. The second-order valence-corrected chi connectivity index (χ2v) is 5.54. The third kappa shape index (κ3) is 4.32. The number of nitrogens with one attached hydrogen (secondary N) is 1. The predicted octanol–water partition coefficient (Wildman–Crippen LogP) is 2.05. The molecule has 1 aromatic carbocycles. The van der Waals surface area contributed by atoms with Crippen LogP contribution >= 0.6 is 0 Å². The molecule has 1 saturated heterocycles. The van der Waals surface area contributed by atoms with Gasteiger partial charge in [-0.3, -0.25) is 0 Å². The van der Waals surface area contributed by atoms with Gasteiger partial charge in [0.2, 0.25) is 0 Å². The van der Waals surface area contributed by atoms with Gasteiger partial charge in [-0.2, -0.15) is 0 Å². The quantitative estimate of drug-likeness (QED) is 0.836. The first-order valence-corrected chi connectivity index (χ1v) is 7.28. The van der Waals surface area contributed by atoms with Crippen molar-refractivity contribution in [2.75, 3.05) is 27.2 Å². The molecule has 1 atom stereocenters. The summed E-state index contributed by atoms with van der Waals surface area (Å²) >= 11 is 0. The van der Waals surface area contributed by atoms with E-state index in [1.807, 2.05) is 12.1 Å². The van der Waals surface area contributed by atoms with Gasteiger partial charge < -0.3 is 15.0 Å². The van der Waals surface area contributed by atoms with Crippen molar-refractivity contribution in [3.05, 3.63) is 35.4 Å². The molecule has 1 fully saturated rings. The van der Waals surface area contributed by atoms with Crippen molar-refractivity contribution in [3.63, 3.8) is 0 Å². The van der Waals surface area contributed by atoms with Crippen LogP contribution in [0.15, 0.2) is 24.3 Å². The first-order chi connectivity index (χ1) is 9.69. The van der Waals surface area contributed by atoms with E-state index in [4.69, 9.17) is 4.74 Å². The van der Waals surface area contributed by atoms with Crippen molar-refractivity contribution in [1.82, 2.24) is 10.2 Å². The zero-order valence-corrected chi connectivity index (χ0v) is 12.4. The fraction of sp³-hybridized carbons (Fsp3) is 0.562. The van der Waals surface area contributed by atoms with E-state index in [2.05, 4.69) is 23.3 Å². The number of carbonyl (C=O) groups is 1. The van der Waals surface area contributed by atoms with E-state index in [9.17, 15) is 4.79 Å². The number of piperidine rings is 1. The molecule has 0 saturated carbocycles. The Morgan fingerprint density at radius 1 is 1.45 bits per heavy atom. The second-order valence-electron chi connectivity index (χ2n) is 5.54. The fourth-order valence-electron chi connectivity index (χ4n) is 2.75. The maximum absolute atomic E-state index is 11.5. The number of ether oxygens (including phenoxy) is 1. The highest BCUT2D eigenvalue weighted by molar-refractivity contribution is 5.89. The largest absolute Gasteiger partial charge is 0.465 e. The van der Waals surface area contributed by atoms with E-state index < -0.39 is 0 Å². The van der Waals surface area contributed by atoms with Crippen molar-refractivity contribution < 1.29 is 9.53 Å². The highest BCUT2D eigenvalue weighted by Gasteiger charge is 2.15. The standard InChI is InChI=1S/C16H24N2O2/c1-18(12-15-8-3-4-9-17-15)11-13-6-5-7-14(10-13)16(19)20-2/h5-7,10,15,17H,3-4,8-9,11-12H2,1-2H3. The summed E-state index contributed by atoms with van der Waals surface area (Å²) in [7, 11) is 3.54. The Balaban J connectivity index is 1.89. The van der Waals surface area contributed by atoms with Gasteiger partial charge in [0.05, 0.1) is 12.7 Å². The van der Waals surface area contributed by atoms with Crippen molar-refractivity contribution in [3.8, 4) is 0 Å². The predicted molar refractivity (Wildman–Crippen MR) is 79.8 cm³/mol. The lowest BCUT2D eigenvalue weighted by molar-refractivity contribution is 0.0600. The summed E-state index contributed by atoms with van der Waals surface area (Å²) in [6.07, 6.45) is 3.87. The average molecular weight is 276 g/mol. The van der Waals surface area contributed by atoms with Gasteiger partial charge in [-0.15, -0.1) is 0 Å². The van der Waals surface area contributed by atoms with E-state index in [1.54, 1.807) is 6.07 Å². The number of hydrogen-bond acceptors (Lipinski definition) is 4. The van der Waals surface area contributed by atoms with Gasteiger partial charge in [0.1, 0.15) is 0 Å². The monoisotopic (exact) mass is 276 g/mol. The number of benzene rings is 1. The van der Waals surface area contributed by atoms with Crippen molar-refractivity contribution >= 4 is 5.97 Å². The van der Waals surface area contributed by atoms with Crippen LogP contribution in [0.4, 0.5) is 0 Å². The molecule has 110 valence electrons. The van der Waals surface area contributed by atoms with Crippen LogP contribution in [0.2, 0.25) is 0 Å². The summed E-state index contributed by atoms with van der Waals surface area (Å²) in [5.74, 6) is -0.275. The Morgan fingerprint density at radius 2 is 2.30 bits per heavy atom. The van der Waals surface area contributed by atoms with Gasteiger partial charge in [0.25, 0.3) is 0 Å². The van der Waals surface area contributed by atoms with E-state index in [-0.39, 0.29) is 5.97 Å². The summed E-state index contributed by atoms with van der Waals surface area (Å²) in [5, 5.41) is 3.56. The first kappa shape index (κ1) is 15.0. The normalized spacial score (nSPS) is 19.1. The molecule has 0 aromatic heterocycles. The minimum atomic E-state index is -0.275. The van der Waals surface area contributed by atoms with E-state index >= 15 is 0 Å². The molecule has 2 rings (SSSR count). The molecule has 0 bridgehead atoms. The molecule has 4 nitrogen and oxygen atoms in total. The van der Waals surface area contributed by atoms with Crippen LogP contribution in [-0.4, -0.2) is 44.2 Å². The Morgan fingerprint density at radius 3 is 3.00 bits per heavy atom. The van der Waals surface area contributed by atoms with Gasteiger partial charge in [0, 0.05) is 19.1 Å². The summed E-state index contributed by atoms with van der Waals surface area (Å²) < 4.78 is 4.76. The average Bonchev–Trinajstić information content (AvgIpc) is 2.47. The molecular weight excluding hydrogens is 252 g/mol. The molecule has 20 heavy (non-hydrogen) atoms. The van der Waals surface area contributed by atoms with Crippen molar-refractivity contribution in [2.45, 2.75) is 31.8 Å². The molecule has 0 spiro atoms. The van der Waals surface area contributed by atoms with Crippen LogP contribution in [-0.2, 0) is 11.3 Å². The molecule has 0 amide bonds. The minimum Gasteiger partial charge on any atom is -0.465 e. The van der Waals surface area contributed by atoms with Gasteiger partial charge >= 0.3 is 5.97 Å². The number of carbonyl (C=O) groups excluding carboxylic acids is 1. The SMILES string of the molecule is COC(=O)c1cccc(CN(C)CC2CCCCN2)c1. The van der Waals surface area contributed by atoms with Crippen LogP contribution in [0.1, 0.15) is 35.2 Å². The topological polar surface area (TPSA) is 41.6 Å². The van der Waals surface area contributed by atoms with Gasteiger partial charge in [-0.25, -0.2) is 4.79 Å². The van der Waals surface area contributed by atoms with Crippen molar-refractivity contribution in [1.29, 1.82) is 0 Å². The Hall–Kier alpha value is -1.39. The van der Waals surface area contributed by atoms with Crippen LogP contribution < -0.4 is 5.32 Å². The summed E-state index contributed by atoms with van der Waals surface area (Å²) in [5.41, 5.74) is 1.76.